The number of nitrogen functional groups attached to an aromatic ring is 1. The van der Waals surface area contributed by atoms with E-state index in [1.165, 1.54) is 12.6 Å². The number of hydrogen-bond acceptors (Lipinski definition) is 4. The van der Waals surface area contributed by atoms with Crippen molar-refractivity contribution in [3.05, 3.63) is 17.8 Å². The topological polar surface area (TPSA) is 85.2 Å². The average molecular weight is 234 g/mol. The first-order valence-electron chi connectivity index (χ1n) is 5.88. The maximum absolute atomic E-state index is 11.2. The Labute approximate surface area is 101 Å². The second-order valence-electron chi connectivity index (χ2n) is 4.69. The summed E-state index contributed by atoms with van der Waals surface area (Å²) < 4.78 is 0. The number of rotatable bonds is 2. The van der Waals surface area contributed by atoms with Crippen LogP contribution in [0.25, 0.3) is 0 Å². The molecule has 1 saturated heterocycles. The van der Waals surface area contributed by atoms with Crippen molar-refractivity contribution in [1.29, 1.82) is 0 Å². The molecule has 1 aliphatic rings. The number of nitrogens with zero attached hydrogens (tertiary/aromatic N) is 2. The van der Waals surface area contributed by atoms with E-state index in [0.29, 0.717) is 17.2 Å². The van der Waals surface area contributed by atoms with Crippen LogP contribution in [0, 0.1) is 5.92 Å². The minimum atomic E-state index is -0.504. The Morgan fingerprint density at radius 3 is 3.00 bits per heavy atom. The summed E-state index contributed by atoms with van der Waals surface area (Å²) >= 11 is 0. The number of hydrogen-bond donors (Lipinski definition) is 2. The summed E-state index contributed by atoms with van der Waals surface area (Å²) in [6, 6.07) is 1.69. The Kier molecular flexibility index (Phi) is 3.17. The fraction of sp³-hybridized carbons (Fsp3) is 0.500. The van der Waals surface area contributed by atoms with Crippen LogP contribution >= 0.6 is 0 Å². The molecule has 0 spiro atoms. The van der Waals surface area contributed by atoms with Gasteiger partial charge in [0.05, 0.1) is 17.4 Å². The maximum Gasteiger partial charge on any atom is 0.250 e. The van der Waals surface area contributed by atoms with Crippen molar-refractivity contribution in [2.45, 2.75) is 19.8 Å². The summed E-state index contributed by atoms with van der Waals surface area (Å²) in [5.74, 6) is 0.941. The van der Waals surface area contributed by atoms with Crippen molar-refractivity contribution in [1.82, 2.24) is 4.98 Å². The molecule has 0 saturated carbocycles. The molecule has 1 amide bonds. The zero-order valence-corrected chi connectivity index (χ0v) is 10.0. The first-order chi connectivity index (χ1) is 8.08. The van der Waals surface area contributed by atoms with Crippen molar-refractivity contribution in [3.63, 3.8) is 0 Å². The van der Waals surface area contributed by atoms with Crippen LogP contribution in [-0.4, -0.2) is 24.0 Å². The quantitative estimate of drug-likeness (QED) is 0.799. The van der Waals surface area contributed by atoms with Gasteiger partial charge in [-0.2, -0.15) is 0 Å². The van der Waals surface area contributed by atoms with Crippen molar-refractivity contribution in [2.24, 2.45) is 11.7 Å². The van der Waals surface area contributed by atoms with Crippen LogP contribution in [0.2, 0.25) is 0 Å². The lowest BCUT2D eigenvalue weighted by molar-refractivity contribution is 0.100. The Balaban J connectivity index is 2.26. The molecule has 4 N–H and O–H groups in total. The van der Waals surface area contributed by atoms with E-state index in [0.717, 1.165) is 25.3 Å². The molecule has 1 unspecified atom stereocenters. The van der Waals surface area contributed by atoms with Crippen LogP contribution in [-0.2, 0) is 0 Å². The molecule has 92 valence electrons. The van der Waals surface area contributed by atoms with Crippen LogP contribution in [0.15, 0.2) is 12.3 Å². The minimum absolute atomic E-state index is 0.339. The number of amides is 1. The summed E-state index contributed by atoms with van der Waals surface area (Å²) in [6.45, 7) is 4.16. The standard InChI is InChI=1S/C12H18N4O/c1-8-3-2-4-16(7-8)11-5-9(12(14)17)10(13)6-15-11/h5-6,8H,2-4,7,13H2,1H3,(H2,14,17). The lowest BCUT2D eigenvalue weighted by Crippen LogP contribution is -2.35. The number of primary amides is 1. The molecule has 1 fully saturated rings. The van der Waals surface area contributed by atoms with Gasteiger partial charge < -0.3 is 16.4 Å². The highest BCUT2D eigenvalue weighted by molar-refractivity contribution is 5.98. The fourth-order valence-electron chi connectivity index (χ4n) is 2.24. The smallest absolute Gasteiger partial charge is 0.250 e. The molecular formula is C12H18N4O. The van der Waals surface area contributed by atoms with Gasteiger partial charge in [-0.1, -0.05) is 6.92 Å². The normalized spacial score (nSPS) is 20.3. The third kappa shape index (κ3) is 2.49. The number of nitrogens with two attached hydrogens (primary N) is 2. The molecule has 0 bridgehead atoms. The molecule has 1 atom stereocenters. The number of piperidine rings is 1. The van der Waals surface area contributed by atoms with Crippen LogP contribution in [0.3, 0.4) is 0 Å². The van der Waals surface area contributed by atoms with E-state index in [2.05, 4.69) is 16.8 Å². The van der Waals surface area contributed by atoms with Gasteiger partial charge >= 0.3 is 0 Å². The minimum Gasteiger partial charge on any atom is -0.397 e. The molecule has 5 heteroatoms. The van der Waals surface area contributed by atoms with Gasteiger partial charge in [0, 0.05) is 13.1 Å². The first-order valence-corrected chi connectivity index (χ1v) is 5.88. The highest BCUT2D eigenvalue weighted by Gasteiger charge is 2.19. The second kappa shape index (κ2) is 4.61. The SMILES string of the molecule is CC1CCCN(c2cc(C(N)=O)c(N)cn2)C1. The van der Waals surface area contributed by atoms with Crippen molar-refractivity contribution in [2.75, 3.05) is 23.7 Å². The molecule has 1 aliphatic heterocycles. The lowest BCUT2D eigenvalue weighted by Gasteiger charge is -2.32. The Morgan fingerprint density at radius 1 is 1.59 bits per heavy atom. The van der Waals surface area contributed by atoms with E-state index in [-0.39, 0.29) is 0 Å². The summed E-state index contributed by atoms with van der Waals surface area (Å²) in [7, 11) is 0. The highest BCUT2D eigenvalue weighted by atomic mass is 16.1. The van der Waals surface area contributed by atoms with Gasteiger partial charge in [0.15, 0.2) is 0 Å². The molecule has 5 nitrogen and oxygen atoms in total. The zero-order chi connectivity index (χ0) is 12.4. The summed E-state index contributed by atoms with van der Waals surface area (Å²) in [5, 5.41) is 0. The van der Waals surface area contributed by atoms with Crippen molar-refractivity contribution < 1.29 is 4.79 Å². The van der Waals surface area contributed by atoms with E-state index >= 15 is 0 Å². The largest absolute Gasteiger partial charge is 0.397 e. The number of aromatic nitrogens is 1. The third-order valence-electron chi connectivity index (χ3n) is 3.17. The van der Waals surface area contributed by atoms with Gasteiger partial charge in [0.25, 0.3) is 5.91 Å². The molecule has 0 aliphatic carbocycles. The number of anilines is 2. The summed E-state index contributed by atoms with van der Waals surface area (Å²) in [5.41, 5.74) is 11.6. The molecular weight excluding hydrogens is 216 g/mol. The molecule has 1 aromatic heterocycles. The predicted octanol–water partition coefficient (Wildman–Crippen LogP) is 0.999. The van der Waals surface area contributed by atoms with E-state index < -0.39 is 5.91 Å². The van der Waals surface area contributed by atoms with Gasteiger partial charge in [0.2, 0.25) is 0 Å². The van der Waals surface area contributed by atoms with Gasteiger partial charge in [-0.15, -0.1) is 0 Å². The van der Waals surface area contributed by atoms with E-state index in [9.17, 15) is 4.79 Å². The van der Waals surface area contributed by atoms with E-state index in [1.807, 2.05) is 0 Å². The molecule has 0 radical (unpaired) electrons. The van der Waals surface area contributed by atoms with Crippen LogP contribution in [0.1, 0.15) is 30.1 Å². The molecule has 1 aromatic rings. The van der Waals surface area contributed by atoms with Gasteiger partial charge in [-0.3, -0.25) is 4.79 Å². The summed E-state index contributed by atoms with van der Waals surface area (Å²) in [6.07, 6.45) is 3.90. The van der Waals surface area contributed by atoms with Gasteiger partial charge in [0.1, 0.15) is 5.82 Å². The van der Waals surface area contributed by atoms with Gasteiger partial charge in [-0.25, -0.2) is 4.98 Å². The average Bonchev–Trinajstić information content (AvgIpc) is 2.29. The Hall–Kier alpha value is -1.78. The lowest BCUT2D eigenvalue weighted by atomic mass is 10.0. The van der Waals surface area contributed by atoms with Crippen molar-refractivity contribution >= 4 is 17.4 Å². The molecule has 2 heterocycles. The Morgan fingerprint density at radius 2 is 2.35 bits per heavy atom. The number of carbonyl (C=O) groups is 1. The first kappa shape index (κ1) is 11.7. The van der Waals surface area contributed by atoms with Crippen molar-refractivity contribution in [3.8, 4) is 0 Å². The fourth-order valence-corrected chi connectivity index (χ4v) is 2.24. The van der Waals surface area contributed by atoms with E-state index in [4.69, 9.17) is 11.5 Å². The van der Waals surface area contributed by atoms with Gasteiger partial charge in [-0.05, 0) is 24.8 Å². The molecule has 0 aromatic carbocycles. The highest BCUT2D eigenvalue weighted by Crippen LogP contribution is 2.23. The second-order valence-corrected chi connectivity index (χ2v) is 4.69. The molecule has 2 rings (SSSR count). The number of carbonyl (C=O) groups excluding carboxylic acids is 1. The number of pyridine rings is 1. The maximum atomic E-state index is 11.2. The zero-order valence-electron chi connectivity index (χ0n) is 10.0. The third-order valence-corrected chi connectivity index (χ3v) is 3.17. The Bertz CT molecular complexity index is 433. The summed E-state index contributed by atoms with van der Waals surface area (Å²) in [4.78, 5) is 17.7. The van der Waals surface area contributed by atoms with Crippen LogP contribution < -0.4 is 16.4 Å². The van der Waals surface area contributed by atoms with E-state index in [1.54, 1.807) is 6.07 Å². The molecule has 17 heavy (non-hydrogen) atoms. The van der Waals surface area contributed by atoms with Crippen LogP contribution in [0.4, 0.5) is 11.5 Å². The monoisotopic (exact) mass is 234 g/mol. The predicted molar refractivity (Wildman–Crippen MR) is 67.8 cm³/mol. The van der Waals surface area contributed by atoms with Crippen LogP contribution in [0.5, 0.6) is 0 Å².